The van der Waals surface area contributed by atoms with E-state index in [2.05, 4.69) is 189 Å². The second kappa shape index (κ2) is 11.5. The van der Waals surface area contributed by atoms with Crippen LogP contribution in [0.1, 0.15) is 37.3 Å². The van der Waals surface area contributed by atoms with Gasteiger partial charge in [-0.05, 0) is 58.5 Å². The van der Waals surface area contributed by atoms with Crippen LogP contribution < -0.4 is 4.90 Å². The molecule has 1 atom stereocenters. The Hall–Kier alpha value is -6.12. The van der Waals surface area contributed by atoms with E-state index in [-0.39, 0.29) is 5.41 Å². The van der Waals surface area contributed by atoms with Gasteiger partial charge in [-0.2, -0.15) is 0 Å². The molecule has 51 heavy (non-hydrogen) atoms. The average Bonchev–Trinajstić information content (AvgIpc) is 3.68. The molecule has 1 unspecified atom stereocenters. The number of hydrogen-bond donors (Lipinski definition) is 0. The van der Waals surface area contributed by atoms with Crippen molar-refractivity contribution < 1.29 is 4.42 Å². The predicted octanol–water partition coefficient (Wildman–Crippen LogP) is 13.5. The molecule has 0 N–H and O–H groups in total. The number of para-hydroxylation sites is 1. The van der Waals surface area contributed by atoms with Crippen molar-refractivity contribution in [3.05, 3.63) is 192 Å². The Bertz CT molecular complexity index is 2690. The van der Waals surface area contributed by atoms with Crippen LogP contribution in [0.2, 0.25) is 0 Å². The molecule has 0 aliphatic heterocycles. The molecule has 1 aromatic heterocycles. The third-order valence-electron chi connectivity index (χ3n) is 11.3. The topological polar surface area (TPSA) is 16.4 Å². The van der Waals surface area contributed by atoms with E-state index >= 15 is 0 Å². The molecule has 2 heteroatoms. The molecule has 0 radical (unpaired) electrons. The second-order valence-electron chi connectivity index (χ2n) is 14.4. The van der Waals surface area contributed by atoms with Crippen molar-refractivity contribution in [3.8, 4) is 22.3 Å². The lowest BCUT2D eigenvalue weighted by Gasteiger charge is -2.33. The van der Waals surface area contributed by atoms with Crippen LogP contribution in [0.4, 0.5) is 11.4 Å². The summed E-state index contributed by atoms with van der Waals surface area (Å²) in [5, 5.41) is 4.52. The molecule has 2 aliphatic rings. The maximum Gasteiger partial charge on any atom is 0.143 e. The molecule has 244 valence electrons. The van der Waals surface area contributed by atoms with E-state index < -0.39 is 0 Å². The highest BCUT2D eigenvalue weighted by Crippen LogP contribution is 2.55. The third-order valence-corrected chi connectivity index (χ3v) is 11.3. The van der Waals surface area contributed by atoms with E-state index in [1.54, 1.807) is 0 Å². The molecule has 8 aromatic rings. The highest BCUT2D eigenvalue weighted by Gasteiger charge is 2.42. The normalized spacial score (nSPS) is 16.2. The fraction of sp³-hybridized carbons (Fsp3) is 0.102. The highest BCUT2D eigenvalue weighted by molar-refractivity contribution is 6.21. The summed E-state index contributed by atoms with van der Waals surface area (Å²) in [5.41, 5.74) is 14.3. The predicted molar refractivity (Wildman–Crippen MR) is 214 cm³/mol. The Morgan fingerprint density at radius 3 is 2.04 bits per heavy atom. The highest BCUT2D eigenvalue weighted by atomic mass is 16.3. The van der Waals surface area contributed by atoms with Crippen LogP contribution in [0, 0.1) is 0 Å². The summed E-state index contributed by atoms with van der Waals surface area (Å²) < 4.78 is 6.89. The Kier molecular flexibility index (Phi) is 6.69. The summed E-state index contributed by atoms with van der Waals surface area (Å²) in [6.07, 6.45) is 5.91. The zero-order valence-corrected chi connectivity index (χ0v) is 28.8. The summed E-state index contributed by atoms with van der Waals surface area (Å²) in [5.74, 6) is 0.394. The maximum atomic E-state index is 6.89. The number of anilines is 2. The lowest BCUT2D eigenvalue weighted by atomic mass is 9.78. The second-order valence-corrected chi connectivity index (χ2v) is 14.4. The molecular weight excluding hydrogens is 619 g/mol. The van der Waals surface area contributed by atoms with Crippen molar-refractivity contribution >= 4 is 44.1 Å². The van der Waals surface area contributed by atoms with Crippen LogP contribution in [0.25, 0.3) is 55.0 Å². The largest absolute Gasteiger partial charge is 0.455 e. The van der Waals surface area contributed by atoms with Gasteiger partial charge in [-0.1, -0.05) is 165 Å². The molecule has 2 nitrogen and oxygen atoms in total. The number of allylic oxidation sites excluding steroid dienone is 3. The van der Waals surface area contributed by atoms with Gasteiger partial charge in [0.15, 0.2) is 0 Å². The van der Waals surface area contributed by atoms with E-state index in [4.69, 9.17) is 4.42 Å². The lowest BCUT2D eigenvalue weighted by Crippen LogP contribution is -2.23. The first-order valence-corrected chi connectivity index (χ1v) is 18.0. The van der Waals surface area contributed by atoms with Crippen LogP contribution >= 0.6 is 0 Å². The van der Waals surface area contributed by atoms with Gasteiger partial charge < -0.3 is 9.32 Å². The van der Waals surface area contributed by atoms with Gasteiger partial charge in [0.25, 0.3) is 0 Å². The smallest absolute Gasteiger partial charge is 0.143 e. The van der Waals surface area contributed by atoms with E-state index in [1.807, 2.05) is 0 Å². The zero-order valence-electron chi connectivity index (χ0n) is 28.8. The summed E-state index contributed by atoms with van der Waals surface area (Å²) >= 11 is 0. The van der Waals surface area contributed by atoms with E-state index in [1.165, 1.54) is 33.5 Å². The number of benzene rings is 7. The van der Waals surface area contributed by atoms with E-state index in [0.29, 0.717) is 5.92 Å². The zero-order chi connectivity index (χ0) is 34.1. The first-order chi connectivity index (χ1) is 25.1. The number of hydrogen-bond acceptors (Lipinski definition) is 2. The molecule has 0 spiro atoms. The summed E-state index contributed by atoms with van der Waals surface area (Å²) in [7, 11) is 0. The minimum absolute atomic E-state index is 0.0566. The molecule has 10 rings (SSSR count). The van der Waals surface area contributed by atoms with Gasteiger partial charge in [0, 0.05) is 49.8 Å². The van der Waals surface area contributed by atoms with Crippen LogP contribution in [-0.2, 0) is 5.41 Å². The minimum atomic E-state index is -0.0566. The first-order valence-electron chi connectivity index (χ1n) is 18.0. The summed E-state index contributed by atoms with van der Waals surface area (Å²) in [6, 6.07) is 56.9. The monoisotopic (exact) mass is 655 g/mol. The van der Waals surface area contributed by atoms with Gasteiger partial charge in [0.05, 0.1) is 5.69 Å². The third kappa shape index (κ3) is 4.63. The SMILES string of the molecule is CC1(C)C2=CC(N(c3cccc(-c4ccccc4)c3)c3cc4c5cccc(-c6ccccc6)c5oc4c4ccccc34)=CCC2c2ccccc21. The van der Waals surface area contributed by atoms with Crippen LogP contribution in [0.3, 0.4) is 0 Å². The molecule has 2 aliphatic carbocycles. The first kappa shape index (κ1) is 29.8. The van der Waals surface area contributed by atoms with Gasteiger partial charge in [0.1, 0.15) is 11.2 Å². The Morgan fingerprint density at radius 2 is 1.22 bits per heavy atom. The molecular formula is C49H37NO. The lowest BCUT2D eigenvalue weighted by molar-refractivity contribution is 0.609. The van der Waals surface area contributed by atoms with Gasteiger partial charge in [-0.15, -0.1) is 0 Å². The van der Waals surface area contributed by atoms with E-state index in [0.717, 1.165) is 61.6 Å². The minimum Gasteiger partial charge on any atom is -0.455 e. The number of nitrogens with zero attached hydrogens (tertiary/aromatic N) is 1. The quantitative estimate of drug-likeness (QED) is 0.183. The Morgan fingerprint density at radius 1 is 0.569 bits per heavy atom. The number of fused-ring (bicyclic) bond motifs is 8. The van der Waals surface area contributed by atoms with Gasteiger partial charge >= 0.3 is 0 Å². The average molecular weight is 656 g/mol. The molecule has 0 saturated heterocycles. The molecule has 7 aromatic carbocycles. The van der Waals surface area contributed by atoms with Crippen molar-refractivity contribution in [2.24, 2.45) is 0 Å². The molecule has 0 fully saturated rings. The van der Waals surface area contributed by atoms with Crippen molar-refractivity contribution in [2.45, 2.75) is 31.6 Å². The van der Waals surface area contributed by atoms with Crippen LogP contribution in [-0.4, -0.2) is 0 Å². The Labute approximate surface area is 298 Å². The van der Waals surface area contributed by atoms with Crippen LogP contribution in [0.5, 0.6) is 0 Å². The molecule has 0 saturated carbocycles. The van der Waals surface area contributed by atoms with Crippen molar-refractivity contribution in [2.75, 3.05) is 4.90 Å². The number of furan rings is 1. The van der Waals surface area contributed by atoms with Gasteiger partial charge in [0.2, 0.25) is 0 Å². The van der Waals surface area contributed by atoms with Crippen molar-refractivity contribution in [3.63, 3.8) is 0 Å². The molecule has 0 amide bonds. The number of rotatable bonds is 5. The van der Waals surface area contributed by atoms with Gasteiger partial charge in [-0.25, -0.2) is 0 Å². The fourth-order valence-corrected chi connectivity index (χ4v) is 8.79. The fourth-order valence-electron chi connectivity index (χ4n) is 8.79. The van der Waals surface area contributed by atoms with Crippen LogP contribution in [0.15, 0.2) is 186 Å². The Balaban J connectivity index is 1.24. The molecule has 1 heterocycles. The summed E-state index contributed by atoms with van der Waals surface area (Å²) in [6.45, 7) is 4.79. The van der Waals surface area contributed by atoms with Crippen molar-refractivity contribution in [1.82, 2.24) is 0 Å². The maximum absolute atomic E-state index is 6.89. The summed E-state index contributed by atoms with van der Waals surface area (Å²) in [4.78, 5) is 2.50. The van der Waals surface area contributed by atoms with E-state index in [9.17, 15) is 0 Å². The standard InChI is InChI=1S/C49H37NO/c1-49(2)44-26-12-11-21-38(44)39-28-27-36(30-45(39)49)50(35-20-13-19-34(29-35)32-15-5-3-6-16-32)46-31-43-42-25-14-24-37(33-17-7-4-8-18-33)47(42)51-48(43)41-23-10-9-22-40(41)46/h3-27,29-31,39H,28H2,1-2H3. The van der Waals surface area contributed by atoms with Crippen molar-refractivity contribution in [1.29, 1.82) is 0 Å². The van der Waals surface area contributed by atoms with Gasteiger partial charge in [-0.3, -0.25) is 0 Å². The molecule has 0 bridgehead atoms.